The Hall–Kier alpha value is -2.11. The average Bonchev–Trinajstić information content (AvgIpc) is 2.46. The highest BCUT2D eigenvalue weighted by molar-refractivity contribution is 5.92. The van der Waals surface area contributed by atoms with Crippen LogP contribution in [0.1, 0.15) is 43.5 Å². The number of ether oxygens (including phenoxy) is 1. The summed E-state index contributed by atoms with van der Waals surface area (Å²) in [5.74, 6) is -1.82. The molecule has 0 aliphatic heterocycles. The van der Waals surface area contributed by atoms with Crippen LogP contribution in [0.4, 0.5) is 10.1 Å². The highest BCUT2D eigenvalue weighted by atomic mass is 19.1. The molecule has 3 N–H and O–H groups in total. The van der Waals surface area contributed by atoms with E-state index in [1.807, 2.05) is 0 Å². The standard InChI is InChI=1S/C15H21FN2O3/c1-3-4-5-8-18-14(19)10(2)21-15(20)11-6-7-13(17)12(16)9-11/h6-7,9-10H,3-5,8,17H2,1-2H3,(H,18,19). The second-order valence-corrected chi connectivity index (χ2v) is 4.78. The van der Waals surface area contributed by atoms with Crippen molar-refractivity contribution in [2.45, 2.75) is 39.2 Å². The van der Waals surface area contributed by atoms with Gasteiger partial charge in [0.15, 0.2) is 6.10 Å². The quantitative estimate of drug-likeness (QED) is 0.459. The van der Waals surface area contributed by atoms with Crippen LogP contribution >= 0.6 is 0 Å². The molecule has 6 heteroatoms. The molecule has 0 aliphatic carbocycles. The smallest absolute Gasteiger partial charge is 0.339 e. The summed E-state index contributed by atoms with van der Waals surface area (Å²) in [4.78, 5) is 23.5. The van der Waals surface area contributed by atoms with Gasteiger partial charge < -0.3 is 15.8 Å². The minimum absolute atomic E-state index is 0.0207. The van der Waals surface area contributed by atoms with Gasteiger partial charge in [0.05, 0.1) is 11.3 Å². The maximum atomic E-state index is 13.3. The minimum atomic E-state index is -0.931. The van der Waals surface area contributed by atoms with Crippen molar-refractivity contribution >= 4 is 17.6 Å². The number of nitrogen functional groups attached to an aromatic ring is 1. The molecule has 0 heterocycles. The molecule has 0 radical (unpaired) electrons. The van der Waals surface area contributed by atoms with Gasteiger partial charge in [0.2, 0.25) is 0 Å². The first-order chi connectivity index (χ1) is 9.95. The molecule has 1 unspecified atom stereocenters. The second-order valence-electron chi connectivity index (χ2n) is 4.78. The van der Waals surface area contributed by atoms with Gasteiger partial charge in [-0.05, 0) is 31.5 Å². The highest BCUT2D eigenvalue weighted by Crippen LogP contribution is 2.13. The number of carbonyl (C=O) groups is 2. The molecule has 1 aromatic rings. The molecular weight excluding hydrogens is 275 g/mol. The van der Waals surface area contributed by atoms with Crippen molar-refractivity contribution in [2.75, 3.05) is 12.3 Å². The van der Waals surface area contributed by atoms with Crippen LogP contribution in [0.3, 0.4) is 0 Å². The van der Waals surface area contributed by atoms with Crippen molar-refractivity contribution < 1.29 is 18.7 Å². The zero-order chi connectivity index (χ0) is 15.8. The Balaban J connectivity index is 2.49. The topological polar surface area (TPSA) is 81.4 Å². The van der Waals surface area contributed by atoms with Gasteiger partial charge in [0, 0.05) is 6.54 Å². The van der Waals surface area contributed by atoms with E-state index in [9.17, 15) is 14.0 Å². The fourth-order valence-corrected chi connectivity index (χ4v) is 1.67. The summed E-state index contributed by atoms with van der Waals surface area (Å²) in [5, 5.41) is 2.68. The third-order valence-electron chi connectivity index (χ3n) is 2.97. The first-order valence-electron chi connectivity index (χ1n) is 6.99. The van der Waals surface area contributed by atoms with Gasteiger partial charge in [0.1, 0.15) is 5.82 Å². The minimum Gasteiger partial charge on any atom is -0.449 e. The molecule has 0 fully saturated rings. The largest absolute Gasteiger partial charge is 0.449 e. The maximum Gasteiger partial charge on any atom is 0.339 e. The number of amides is 1. The van der Waals surface area contributed by atoms with E-state index >= 15 is 0 Å². The van der Waals surface area contributed by atoms with Crippen molar-refractivity contribution in [2.24, 2.45) is 0 Å². The molecule has 21 heavy (non-hydrogen) atoms. The number of esters is 1. The molecule has 0 saturated carbocycles. The zero-order valence-electron chi connectivity index (χ0n) is 12.3. The van der Waals surface area contributed by atoms with Gasteiger partial charge in [-0.3, -0.25) is 4.79 Å². The highest BCUT2D eigenvalue weighted by Gasteiger charge is 2.19. The van der Waals surface area contributed by atoms with Gasteiger partial charge in [-0.25, -0.2) is 9.18 Å². The molecule has 0 saturated heterocycles. The predicted octanol–water partition coefficient (Wildman–Crippen LogP) is 2.26. The average molecular weight is 296 g/mol. The van der Waals surface area contributed by atoms with Crippen LogP contribution in [0.25, 0.3) is 0 Å². The molecule has 0 aliphatic rings. The van der Waals surface area contributed by atoms with Gasteiger partial charge in [-0.1, -0.05) is 19.8 Å². The summed E-state index contributed by atoms with van der Waals surface area (Å²) >= 11 is 0. The molecule has 116 valence electrons. The number of unbranched alkanes of at least 4 members (excludes halogenated alkanes) is 2. The molecule has 5 nitrogen and oxygen atoms in total. The van der Waals surface area contributed by atoms with Crippen LogP contribution in [0.15, 0.2) is 18.2 Å². The van der Waals surface area contributed by atoms with Crippen molar-refractivity contribution in [3.05, 3.63) is 29.6 Å². The SMILES string of the molecule is CCCCCNC(=O)C(C)OC(=O)c1ccc(N)c(F)c1. The number of rotatable bonds is 7. The third kappa shape index (κ3) is 5.41. The fraction of sp³-hybridized carbons (Fsp3) is 0.467. The number of hydrogen-bond donors (Lipinski definition) is 2. The van der Waals surface area contributed by atoms with E-state index in [-0.39, 0.29) is 17.2 Å². The number of anilines is 1. The third-order valence-corrected chi connectivity index (χ3v) is 2.97. The summed E-state index contributed by atoms with van der Waals surface area (Å²) < 4.78 is 18.3. The van der Waals surface area contributed by atoms with E-state index in [1.165, 1.54) is 19.1 Å². The Kier molecular flexibility index (Phi) is 6.65. The first-order valence-corrected chi connectivity index (χ1v) is 6.99. The van der Waals surface area contributed by atoms with Gasteiger partial charge in [0.25, 0.3) is 5.91 Å². The molecule has 1 aromatic carbocycles. The van der Waals surface area contributed by atoms with Crippen molar-refractivity contribution in [3.8, 4) is 0 Å². The van der Waals surface area contributed by atoms with Crippen molar-refractivity contribution in [1.82, 2.24) is 5.32 Å². The summed E-state index contributed by atoms with van der Waals surface area (Å²) in [6.45, 7) is 4.09. The Morgan fingerprint density at radius 2 is 2.10 bits per heavy atom. The lowest BCUT2D eigenvalue weighted by Crippen LogP contribution is -2.36. The summed E-state index contributed by atoms with van der Waals surface area (Å²) in [6.07, 6.45) is 2.04. The van der Waals surface area contributed by atoms with E-state index in [1.54, 1.807) is 0 Å². The van der Waals surface area contributed by atoms with Crippen molar-refractivity contribution in [3.63, 3.8) is 0 Å². The second kappa shape index (κ2) is 8.24. The Morgan fingerprint density at radius 1 is 1.38 bits per heavy atom. The monoisotopic (exact) mass is 296 g/mol. The Bertz CT molecular complexity index is 506. The molecule has 0 spiro atoms. The normalized spacial score (nSPS) is 11.8. The lowest BCUT2D eigenvalue weighted by Gasteiger charge is -2.13. The number of nitrogens with two attached hydrogens (primary N) is 1. The molecule has 1 rings (SSSR count). The maximum absolute atomic E-state index is 13.3. The predicted molar refractivity (Wildman–Crippen MR) is 78.2 cm³/mol. The molecule has 0 aromatic heterocycles. The van der Waals surface area contributed by atoms with E-state index < -0.39 is 17.9 Å². The Labute approximate surface area is 123 Å². The van der Waals surface area contributed by atoms with E-state index in [0.717, 1.165) is 25.3 Å². The van der Waals surface area contributed by atoms with Crippen LogP contribution in [-0.2, 0) is 9.53 Å². The number of hydrogen-bond acceptors (Lipinski definition) is 4. The molecular formula is C15H21FN2O3. The van der Waals surface area contributed by atoms with E-state index in [4.69, 9.17) is 10.5 Å². The summed E-state index contributed by atoms with van der Waals surface area (Å²) in [7, 11) is 0. The number of nitrogens with one attached hydrogen (secondary N) is 1. The van der Waals surface area contributed by atoms with Crippen molar-refractivity contribution in [1.29, 1.82) is 0 Å². The van der Waals surface area contributed by atoms with E-state index in [0.29, 0.717) is 6.54 Å². The van der Waals surface area contributed by atoms with Crippen LogP contribution < -0.4 is 11.1 Å². The number of carbonyl (C=O) groups excluding carboxylic acids is 2. The van der Waals surface area contributed by atoms with E-state index in [2.05, 4.69) is 12.2 Å². The lowest BCUT2D eigenvalue weighted by molar-refractivity contribution is -0.129. The van der Waals surface area contributed by atoms with Crippen LogP contribution in [-0.4, -0.2) is 24.5 Å². The van der Waals surface area contributed by atoms with Crippen LogP contribution in [0, 0.1) is 5.82 Å². The molecule has 1 amide bonds. The zero-order valence-corrected chi connectivity index (χ0v) is 12.3. The number of halogens is 1. The van der Waals surface area contributed by atoms with Gasteiger partial charge in [-0.2, -0.15) is 0 Å². The first kappa shape index (κ1) is 16.9. The number of benzene rings is 1. The summed E-state index contributed by atoms with van der Waals surface area (Å²) in [5.41, 5.74) is 5.30. The summed E-state index contributed by atoms with van der Waals surface area (Å²) in [6, 6.07) is 3.62. The lowest BCUT2D eigenvalue weighted by atomic mass is 10.2. The molecule has 0 bridgehead atoms. The van der Waals surface area contributed by atoms with Crippen LogP contribution in [0.5, 0.6) is 0 Å². The van der Waals surface area contributed by atoms with Crippen LogP contribution in [0.2, 0.25) is 0 Å². The Morgan fingerprint density at radius 3 is 2.71 bits per heavy atom. The molecule has 1 atom stereocenters. The fourth-order valence-electron chi connectivity index (χ4n) is 1.67. The van der Waals surface area contributed by atoms with Gasteiger partial charge in [-0.15, -0.1) is 0 Å². The van der Waals surface area contributed by atoms with Gasteiger partial charge >= 0.3 is 5.97 Å².